The van der Waals surface area contributed by atoms with Crippen molar-refractivity contribution < 1.29 is 0 Å². The highest BCUT2D eigenvalue weighted by Gasteiger charge is 2.35. The number of hydrogen-bond donors (Lipinski definition) is 1. The minimum atomic E-state index is 0.426. The Bertz CT molecular complexity index is 703. The van der Waals surface area contributed by atoms with Crippen molar-refractivity contribution in [2.45, 2.75) is 44.2 Å². The van der Waals surface area contributed by atoms with Crippen LogP contribution in [0.1, 0.15) is 58.6 Å². The molecule has 1 aliphatic heterocycles. The Morgan fingerprint density at radius 2 is 1.95 bits per heavy atom. The van der Waals surface area contributed by atoms with Crippen LogP contribution in [0.4, 0.5) is 0 Å². The molecule has 3 nitrogen and oxygen atoms in total. The van der Waals surface area contributed by atoms with Crippen molar-refractivity contribution in [2.24, 2.45) is 0 Å². The van der Waals surface area contributed by atoms with Crippen LogP contribution in [0.3, 0.4) is 0 Å². The fourth-order valence-corrected chi connectivity index (χ4v) is 3.55. The molecule has 5 rings (SSSR count). The van der Waals surface area contributed by atoms with Gasteiger partial charge in [0.05, 0.1) is 11.4 Å². The van der Waals surface area contributed by atoms with Crippen molar-refractivity contribution in [2.75, 3.05) is 0 Å². The van der Waals surface area contributed by atoms with E-state index >= 15 is 0 Å². The van der Waals surface area contributed by atoms with Gasteiger partial charge in [0.2, 0.25) is 0 Å². The highest BCUT2D eigenvalue weighted by Crippen LogP contribution is 2.44. The first-order valence-corrected chi connectivity index (χ1v) is 7.58. The van der Waals surface area contributed by atoms with E-state index in [1.165, 1.54) is 40.9 Å². The Kier molecular flexibility index (Phi) is 2.13. The smallest absolute Gasteiger partial charge is 0.136 e. The SMILES string of the molecule is c1ccc2c(c1)CC2c1nc2c(c(C3CC3)n1)CNC2. The molecule has 3 aliphatic rings. The van der Waals surface area contributed by atoms with Crippen molar-refractivity contribution in [3.8, 4) is 0 Å². The first kappa shape index (κ1) is 11.0. The number of aromatic nitrogens is 2. The zero-order valence-electron chi connectivity index (χ0n) is 11.4. The van der Waals surface area contributed by atoms with Crippen LogP contribution in [-0.4, -0.2) is 9.97 Å². The molecule has 1 saturated carbocycles. The quantitative estimate of drug-likeness (QED) is 0.905. The molecule has 1 aromatic heterocycles. The van der Waals surface area contributed by atoms with Crippen molar-refractivity contribution in [1.29, 1.82) is 0 Å². The van der Waals surface area contributed by atoms with E-state index in [4.69, 9.17) is 9.97 Å². The summed E-state index contributed by atoms with van der Waals surface area (Å²) in [5.41, 5.74) is 6.89. The van der Waals surface area contributed by atoms with Gasteiger partial charge in [-0.2, -0.15) is 0 Å². The normalized spacial score (nSPS) is 23.1. The molecule has 1 unspecified atom stereocenters. The van der Waals surface area contributed by atoms with Gasteiger partial charge in [-0.1, -0.05) is 24.3 Å². The third-order valence-corrected chi connectivity index (χ3v) is 4.87. The van der Waals surface area contributed by atoms with Gasteiger partial charge < -0.3 is 5.32 Å². The molecule has 0 saturated heterocycles. The Morgan fingerprint density at radius 3 is 2.80 bits per heavy atom. The molecule has 1 aromatic carbocycles. The number of rotatable bonds is 2. The standard InChI is InChI=1S/C17H17N3/c1-2-4-12-11(3-1)7-13(12)17-19-15-9-18-8-14(15)16(20-17)10-5-6-10/h1-4,10,13,18H,5-9H2. The predicted octanol–water partition coefficient (Wildman–Crippen LogP) is 2.65. The Hall–Kier alpha value is -1.74. The lowest BCUT2D eigenvalue weighted by atomic mass is 9.77. The Labute approximate surface area is 118 Å². The van der Waals surface area contributed by atoms with E-state index < -0.39 is 0 Å². The molecular formula is C17H17N3. The van der Waals surface area contributed by atoms with Crippen LogP contribution < -0.4 is 5.32 Å². The van der Waals surface area contributed by atoms with Crippen LogP contribution in [0.15, 0.2) is 24.3 Å². The summed E-state index contributed by atoms with van der Waals surface area (Å²) >= 11 is 0. The van der Waals surface area contributed by atoms with Crippen LogP contribution in [0.2, 0.25) is 0 Å². The summed E-state index contributed by atoms with van der Waals surface area (Å²) in [6.07, 6.45) is 3.72. The summed E-state index contributed by atoms with van der Waals surface area (Å²) in [6.45, 7) is 1.88. The van der Waals surface area contributed by atoms with Gasteiger partial charge in [0.25, 0.3) is 0 Å². The first-order chi connectivity index (χ1) is 9.90. The lowest BCUT2D eigenvalue weighted by Gasteiger charge is -2.29. The summed E-state index contributed by atoms with van der Waals surface area (Å²) in [5, 5.41) is 3.43. The molecule has 0 amide bonds. The fraction of sp³-hybridized carbons (Fsp3) is 0.412. The number of nitrogens with zero attached hydrogens (tertiary/aromatic N) is 2. The molecule has 1 atom stereocenters. The maximum Gasteiger partial charge on any atom is 0.136 e. The zero-order chi connectivity index (χ0) is 13.1. The third kappa shape index (κ3) is 1.50. The summed E-state index contributed by atoms with van der Waals surface area (Å²) < 4.78 is 0. The Morgan fingerprint density at radius 1 is 1.05 bits per heavy atom. The number of benzene rings is 1. The topological polar surface area (TPSA) is 37.8 Å². The van der Waals surface area contributed by atoms with E-state index in [0.29, 0.717) is 11.8 Å². The van der Waals surface area contributed by atoms with Gasteiger partial charge >= 0.3 is 0 Å². The summed E-state index contributed by atoms with van der Waals surface area (Å²) in [4.78, 5) is 9.85. The van der Waals surface area contributed by atoms with Crippen LogP contribution in [0.25, 0.3) is 0 Å². The van der Waals surface area contributed by atoms with E-state index in [1.807, 2.05) is 0 Å². The molecule has 0 bridgehead atoms. The van der Waals surface area contributed by atoms with Crippen LogP contribution in [-0.2, 0) is 19.5 Å². The van der Waals surface area contributed by atoms with Gasteiger partial charge in [0, 0.05) is 30.5 Å². The second kappa shape index (κ2) is 3.89. The molecule has 1 fully saturated rings. The van der Waals surface area contributed by atoms with Gasteiger partial charge in [-0.25, -0.2) is 9.97 Å². The Balaban J connectivity index is 1.61. The van der Waals surface area contributed by atoms with Crippen LogP contribution in [0, 0.1) is 0 Å². The second-order valence-corrected chi connectivity index (χ2v) is 6.23. The van der Waals surface area contributed by atoms with Gasteiger partial charge in [-0.3, -0.25) is 0 Å². The van der Waals surface area contributed by atoms with E-state index in [9.17, 15) is 0 Å². The molecule has 2 aliphatic carbocycles. The van der Waals surface area contributed by atoms with Crippen molar-refractivity contribution >= 4 is 0 Å². The first-order valence-electron chi connectivity index (χ1n) is 7.58. The third-order valence-electron chi connectivity index (χ3n) is 4.87. The number of hydrogen-bond acceptors (Lipinski definition) is 3. The minimum Gasteiger partial charge on any atom is -0.307 e. The molecule has 2 heterocycles. The summed E-state index contributed by atoms with van der Waals surface area (Å²) in [6, 6.07) is 8.71. The maximum absolute atomic E-state index is 4.98. The van der Waals surface area contributed by atoms with E-state index in [0.717, 1.165) is 25.3 Å². The zero-order valence-corrected chi connectivity index (χ0v) is 11.4. The summed E-state index contributed by atoms with van der Waals surface area (Å²) in [7, 11) is 0. The highest BCUT2D eigenvalue weighted by atomic mass is 15.0. The number of nitrogens with one attached hydrogen (secondary N) is 1. The molecular weight excluding hydrogens is 246 g/mol. The average Bonchev–Trinajstić information content (AvgIpc) is 3.17. The van der Waals surface area contributed by atoms with E-state index in [2.05, 4.69) is 29.6 Å². The molecule has 0 spiro atoms. The van der Waals surface area contributed by atoms with Gasteiger partial charge in [-0.15, -0.1) is 0 Å². The van der Waals surface area contributed by atoms with Gasteiger partial charge in [0.15, 0.2) is 0 Å². The molecule has 0 radical (unpaired) electrons. The van der Waals surface area contributed by atoms with Crippen molar-refractivity contribution in [3.05, 3.63) is 58.2 Å². The molecule has 100 valence electrons. The fourth-order valence-electron chi connectivity index (χ4n) is 3.55. The monoisotopic (exact) mass is 263 g/mol. The molecule has 2 aromatic rings. The van der Waals surface area contributed by atoms with Gasteiger partial charge in [0.1, 0.15) is 5.82 Å². The largest absolute Gasteiger partial charge is 0.307 e. The van der Waals surface area contributed by atoms with Crippen molar-refractivity contribution in [3.63, 3.8) is 0 Å². The van der Waals surface area contributed by atoms with E-state index in [-0.39, 0.29) is 0 Å². The molecule has 20 heavy (non-hydrogen) atoms. The summed E-state index contributed by atoms with van der Waals surface area (Å²) in [5.74, 6) is 2.20. The van der Waals surface area contributed by atoms with Crippen LogP contribution >= 0.6 is 0 Å². The lowest BCUT2D eigenvalue weighted by Crippen LogP contribution is -2.21. The van der Waals surface area contributed by atoms with Gasteiger partial charge in [-0.05, 0) is 30.4 Å². The van der Waals surface area contributed by atoms with Crippen molar-refractivity contribution in [1.82, 2.24) is 15.3 Å². The lowest BCUT2D eigenvalue weighted by molar-refractivity contribution is 0.646. The highest BCUT2D eigenvalue weighted by molar-refractivity contribution is 5.45. The van der Waals surface area contributed by atoms with E-state index in [1.54, 1.807) is 0 Å². The minimum absolute atomic E-state index is 0.426. The number of fused-ring (bicyclic) bond motifs is 2. The predicted molar refractivity (Wildman–Crippen MR) is 76.5 cm³/mol. The second-order valence-electron chi connectivity index (χ2n) is 6.23. The molecule has 3 heteroatoms. The van der Waals surface area contributed by atoms with Crippen LogP contribution in [0.5, 0.6) is 0 Å². The maximum atomic E-state index is 4.98. The average molecular weight is 263 g/mol. The molecule has 1 N–H and O–H groups in total.